The van der Waals surface area contributed by atoms with Gasteiger partial charge in [-0.3, -0.25) is 4.90 Å². The highest BCUT2D eigenvalue weighted by molar-refractivity contribution is 5.06. The van der Waals surface area contributed by atoms with E-state index in [4.69, 9.17) is 13.9 Å². The zero-order valence-electron chi connectivity index (χ0n) is 14.7. The van der Waals surface area contributed by atoms with Gasteiger partial charge in [0.1, 0.15) is 5.60 Å². The maximum Gasteiger partial charge on any atom is 0.105 e. The summed E-state index contributed by atoms with van der Waals surface area (Å²) in [5.41, 5.74) is 1.08. The van der Waals surface area contributed by atoms with Crippen molar-refractivity contribution in [3.8, 4) is 0 Å². The van der Waals surface area contributed by atoms with Gasteiger partial charge in [0.05, 0.1) is 31.8 Å². The Labute approximate surface area is 139 Å². The number of ether oxygens (including phenoxy) is 2. The Kier molecular flexibility index (Phi) is 5.42. The molecule has 2 aliphatic heterocycles. The lowest BCUT2D eigenvalue weighted by Gasteiger charge is -2.33. The monoisotopic (exact) mass is 322 g/mol. The predicted molar refractivity (Wildman–Crippen MR) is 89.4 cm³/mol. The Balaban J connectivity index is 1.59. The van der Waals surface area contributed by atoms with Crippen LogP contribution in [0.15, 0.2) is 23.0 Å². The van der Waals surface area contributed by atoms with Crippen LogP contribution in [-0.4, -0.2) is 67.4 Å². The van der Waals surface area contributed by atoms with E-state index in [1.807, 2.05) is 12.3 Å². The molecule has 0 aromatic carbocycles. The van der Waals surface area contributed by atoms with E-state index in [0.29, 0.717) is 12.1 Å². The van der Waals surface area contributed by atoms with E-state index in [-0.39, 0.29) is 5.60 Å². The van der Waals surface area contributed by atoms with Crippen LogP contribution >= 0.6 is 0 Å². The fourth-order valence-electron chi connectivity index (χ4n) is 3.54. The lowest BCUT2D eigenvalue weighted by atomic mass is 10.00. The second-order valence-corrected chi connectivity index (χ2v) is 7.39. The molecule has 3 rings (SSSR count). The summed E-state index contributed by atoms with van der Waals surface area (Å²) in [5, 5.41) is 0. The average molecular weight is 322 g/mol. The first-order valence-corrected chi connectivity index (χ1v) is 8.75. The molecule has 0 bridgehead atoms. The predicted octanol–water partition coefficient (Wildman–Crippen LogP) is 2.37. The molecule has 130 valence electrons. The summed E-state index contributed by atoms with van der Waals surface area (Å²) in [4.78, 5) is 4.80. The van der Waals surface area contributed by atoms with Crippen LogP contribution in [0.2, 0.25) is 0 Å². The summed E-state index contributed by atoms with van der Waals surface area (Å²) in [6.45, 7) is 9.75. The van der Waals surface area contributed by atoms with Crippen LogP contribution < -0.4 is 0 Å². The zero-order chi connectivity index (χ0) is 16.3. The van der Waals surface area contributed by atoms with E-state index in [2.05, 4.69) is 30.7 Å². The molecule has 2 atom stereocenters. The molecular formula is C18H30N2O3. The normalized spacial score (nSPS) is 29.7. The molecule has 2 unspecified atom stereocenters. The first-order valence-electron chi connectivity index (χ1n) is 8.75. The van der Waals surface area contributed by atoms with Crippen molar-refractivity contribution in [3.63, 3.8) is 0 Å². The molecule has 1 aromatic heterocycles. The smallest absolute Gasteiger partial charge is 0.105 e. The maximum atomic E-state index is 6.51. The lowest BCUT2D eigenvalue weighted by Crippen LogP contribution is -2.45. The zero-order valence-corrected chi connectivity index (χ0v) is 14.7. The summed E-state index contributed by atoms with van der Waals surface area (Å²) >= 11 is 0. The number of hydrogen-bond donors (Lipinski definition) is 0. The molecule has 0 amide bonds. The Morgan fingerprint density at radius 2 is 2.30 bits per heavy atom. The SMILES string of the molecule is CC(C)N(C)CC1CCC2(COCCN(Cc3ccoc3)C2)O1. The summed E-state index contributed by atoms with van der Waals surface area (Å²) in [6, 6.07) is 2.59. The Hall–Kier alpha value is -0.880. The molecule has 0 N–H and O–H groups in total. The van der Waals surface area contributed by atoms with Crippen molar-refractivity contribution in [2.45, 2.75) is 51.0 Å². The molecular weight excluding hydrogens is 292 g/mol. The maximum absolute atomic E-state index is 6.51. The van der Waals surface area contributed by atoms with Gasteiger partial charge in [-0.05, 0) is 39.8 Å². The summed E-state index contributed by atoms with van der Waals surface area (Å²) in [6.07, 6.45) is 6.10. The third-order valence-corrected chi connectivity index (χ3v) is 5.13. The third kappa shape index (κ3) is 4.35. The highest BCUT2D eigenvalue weighted by atomic mass is 16.6. The molecule has 3 heterocycles. The first kappa shape index (κ1) is 17.0. The molecule has 5 heteroatoms. The molecule has 2 aliphatic rings. The van der Waals surface area contributed by atoms with Gasteiger partial charge < -0.3 is 18.8 Å². The summed E-state index contributed by atoms with van der Waals surface area (Å²) < 4.78 is 17.6. The molecule has 2 fully saturated rings. The largest absolute Gasteiger partial charge is 0.472 e. The van der Waals surface area contributed by atoms with Crippen molar-refractivity contribution in [1.82, 2.24) is 9.80 Å². The molecule has 0 radical (unpaired) electrons. The minimum absolute atomic E-state index is 0.136. The van der Waals surface area contributed by atoms with Crippen molar-refractivity contribution in [1.29, 1.82) is 0 Å². The van der Waals surface area contributed by atoms with Gasteiger partial charge in [-0.2, -0.15) is 0 Å². The fraction of sp³-hybridized carbons (Fsp3) is 0.778. The fourth-order valence-corrected chi connectivity index (χ4v) is 3.54. The topological polar surface area (TPSA) is 38.1 Å². The third-order valence-electron chi connectivity index (χ3n) is 5.13. The van der Waals surface area contributed by atoms with E-state index in [0.717, 1.165) is 52.2 Å². The number of furan rings is 1. The quantitative estimate of drug-likeness (QED) is 0.832. The molecule has 0 aliphatic carbocycles. The Morgan fingerprint density at radius 3 is 3.04 bits per heavy atom. The van der Waals surface area contributed by atoms with Crippen LogP contribution in [0.1, 0.15) is 32.3 Å². The molecule has 2 saturated heterocycles. The van der Waals surface area contributed by atoms with Crippen molar-refractivity contribution in [3.05, 3.63) is 24.2 Å². The second-order valence-electron chi connectivity index (χ2n) is 7.39. The van der Waals surface area contributed by atoms with Gasteiger partial charge in [0.2, 0.25) is 0 Å². The van der Waals surface area contributed by atoms with Crippen LogP contribution in [0.4, 0.5) is 0 Å². The molecule has 5 nitrogen and oxygen atoms in total. The molecule has 23 heavy (non-hydrogen) atoms. The standard InChI is InChI=1S/C18H30N2O3/c1-15(2)19(3)11-17-4-6-18(23-17)13-20(7-9-22-14-18)10-16-5-8-21-12-16/h5,8,12,15,17H,4,6-7,9-11,13-14H2,1-3H3. The second kappa shape index (κ2) is 7.34. The molecule has 0 saturated carbocycles. The van der Waals surface area contributed by atoms with Gasteiger partial charge in [-0.1, -0.05) is 0 Å². The van der Waals surface area contributed by atoms with E-state index >= 15 is 0 Å². The summed E-state index contributed by atoms with van der Waals surface area (Å²) in [5.74, 6) is 0. The van der Waals surface area contributed by atoms with Gasteiger partial charge in [0.15, 0.2) is 0 Å². The van der Waals surface area contributed by atoms with Crippen LogP contribution in [0.5, 0.6) is 0 Å². The average Bonchev–Trinajstić information content (AvgIpc) is 3.09. The number of nitrogens with zero attached hydrogens (tertiary/aromatic N) is 2. The van der Waals surface area contributed by atoms with Gasteiger partial charge >= 0.3 is 0 Å². The van der Waals surface area contributed by atoms with Gasteiger partial charge in [-0.15, -0.1) is 0 Å². The van der Waals surface area contributed by atoms with Crippen LogP contribution in [-0.2, 0) is 16.0 Å². The van der Waals surface area contributed by atoms with Gasteiger partial charge in [0, 0.05) is 37.8 Å². The van der Waals surface area contributed by atoms with Crippen LogP contribution in [0, 0.1) is 0 Å². The van der Waals surface area contributed by atoms with E-state index in [1.54, 1.807) is 6.26 Å². The van der Waals surface area contributed by atoms with E-state index in [1.165, 1.54) is 5.56 Å². The van der Waals surface area contributed by atoms with Crippen molar-refractivity contribution >= 4 is 0 Å². The highest BCUT2D eigenvalue weighted by Crippen LogP contribution is 2.33. The highest BCUT2D eigenvalue weighted by Gasteiger charge is 2.43. The van der Waals surface area contributed by atoms with Crippen molar-refractivity contribution < 1.29 is 13.9 Å². The Morgan fingerprint density at radius 1 is 1.43 bits per heavy atom. The minimum Gasteiger partial charge on any atom is -0.472 e. The Bertz CT molecular complexity index is 477. The number of likely N-dealkylation sites (N-methyl/N-ethyl adjacent to an activating group) is 1. The van der Waals surface area contributed by atoms with E-state index < -0.39 is 0 Å². The van der Waals surface area contributed by atoms with Crippen molar-refractivity contribution in [2.24, 2.45) is 0 Å². The van der Waals surface area contributed by atoms with Gasteiger partial charge in [0.25, 0.3) is 0 Å². The minimum atomic E-state index is -0.136. The van der Waals surface area contributed by atoms with E-state index in [9.17, 15) is 0 Å². The summed E-state index contributed by atoms with van der Waals surface area (Å²) in [7, 11) is 2.17. The van der Waals surface area contributed by atoms with Crippen LogP contribution in [0.25, 0.3) is 0 Å². The number of hydrogen-bond acceptors (Lipinski definition) is 5. The van der Waals surface area contributed by atoms with Crippen LogP contribution in [0.3, 0.4) is 0 Å². The first-order chi connectivity index (χ1) is 11.1. The van der Waals surface area contributed by atoms with Crippen molar-refractivity contribution in [2.75, 3.05) is 39.9 Å². The molecule has 1 spiro atoms. The molecule has 1 aromatic rings. The lowest BCUT2D eigenvalue weighted by molar-refractivity contribution is -0.0924. The number of rotatable bonds is 5. The van der Waals surface area contributed by atoms with Gasteiger partial charge in [-0.25, -0.2) is 0 Å².